The molecule has 2 N–H and O–H groups in total. The molecule has 5 heteroatoms. The summed E-state index contributed by atoms with van der Waals surface area (Å²) in [6.07, 6.45) is 4.01. The quantitative estimate of drug-likeness (QED) is 0.844. The highest BCUT2D eigenvalue weighted by molar-refractivity contribution is 7.99. The van der Waals surface area contributed by atoms with E-state index in [1.54, 1.807) is 24.5 Å². The second-order valence-corrected chi connectivity index (χ2v) is 4.43. The van der Waals surface area contributed by atoms with Gasteiger partial charge < -0.3 is 5.73 Å². The van der Waals surface area contributed by atoms with E-state index in [0.29, 0.717) is 18.1 Å². The summed E-state index contributed by atoms with van der Waals surface area (Å²) in [5, 5.41) is 0.650. The monoisotopic (exact) mass is 249 g/mol. The third kappa shape index (κ3) is 3.25. The minimum absolute atomic E-state index is 0.244. The first-order valence-corrected chi connectivity index (χ1v) is 6.04. The van der Waals surface area contributed by atoms with Gasteiger partial charge in [0.05, 0.1) is 0 Å². The molecule has 0 amide bonds. The van der Waals surface area contributed by atoms with E-state index in [9.17, 15) is 4.39 Å². The van der Waals surface area contributed by atoms with Gasteiger partial charge in [-0.3, -0.25) is 0 Å². The van der Waals surface area contributed by atoms with Crippen molar-refractivity contribution in [1.82, 2.24) is 9.97 Å². The zero-order valence-corrected chi connectivity index (χ0v) is 9.95. The van der Waals surface area contributed by atoms with Crippen LogP contribution >= 0.6 is 11.8 Å². The van der Waals surface area contributed by atoms with Gasteiger partial charge in [0.25, 0.3) is 0 Å². The van der Waals surface area contributed by atoms with E-state index in [1.165, 1.54) is 23.9 Å². The zero-order valence-electron chi connectivity index (χ0n) is 9.14. The van der Waals surface area contributed by atoms with Crippen molar-refractivity contribution in [3.05, 3.63) is 48.0 Å². The van der Waals surface area contributed by atoms with Gasteiger partial charge in [-0.1, -0.05) is 0 Å². The fourth-order valence-electron chi connectivity index (χ4n) is 1.43. The molecule has 0 aliphatic carbocycles. The first-order chi connectivity index (χ1) is 8.29. The zero-order chi connectivity index (χ0) is 12.1. The number of hydrogen-bond donors (Lipinski definition) is 1. The molecule has 2 aromatic rings. The summed E-state index contributed by atoms with van der Waals surface area (Å²) in [5.41, 5.74) is 6.40. The van der Waals surface area contributed by atoms with Gasteiger partial charge in [0, 0.05) is 17.3 Å². The van der Waals surface area contributed by atoms with Gasteiger partial charge >= 0.3 is 0 Å². The summed E-state index contributed by atoms with van der Waals surface area (Å²) in [4.78, 5) is 9.20. The molecule has 0 aliphatic heterocycles. The third-order valence-electron chi connectivity index (χ3n) is 2.18. The molecule has 88 valence electrons. The predicted octanol–water partition coefficient (Wildman–Crippen LogP) is 2.27. The Morgan fingerprint density at radius 1 is 1.24 bits per heavy atom. The minimum atomic E-state index is -0.244. The summed E-state index contributed by atoms with van der Waals surface area (Å²) >= 11 is 1.42. The number of hydrogen-bond acceptors (Lipinski definition) is 4. The number of aromatic nitrogens is 2. The molecule has 0 fully saturated rings. The predicted molar refractivity (Wildman–Crippen MR) is 65.3 cm³/mol. The highest BCUT2D eigenvalue weighted by Gasteiger charge is 2.06. The van der Waals surface area contributed by atoms with Crippen molar-refractivity contribution in [2.45, 2.75) is 16.5 Å². The van der Waals surface area contributed by atoms with E-state index in [0.717, 1.165) is 10.5 Å². The van der Waals surface area contributed by atoms with Crippen LogP contribution in [0.25, 0.3) is 0 Å². The van der Waals surface area contributed by atoms with E-state index in [1.807, 2.05) is 0 Å². The molecule has 0 saturated carbocycles. The van der Waals surface area contributed by atoms with Crippen LogP contribution in [0.15, 0.2) is 46.7 Å². The highest BCUT2D eigenvalue weighted by Crippen LogP contribution is 2.28. The Kier molecular flexibility index (Phi) is 4.06. The lowest BCUT2D eigenvalue weighted by atomic mass is 10.1. The van der Waals surface area contributed by atoms with Gasteiger partial charge in [-0.15, -0.1) is 0 Å². The first kappa shape index (κ1) is 12.0. The maximum Gasteiger partial charge on any atom is 0.192 e. The summed E-state index contributed by atoms with van der Waals surface area (Å²) in [7, 11) is 0. The second-order valence-electron chi connectivity index (χ2n) is 3.42. The average Bonchev–Trinajstić information content (AvgIpc) is 2.34. The van der Waals surface area contributed by atoms with Crippen LogP contribution in [-0.2, 0) is 6.42 Å². The Morgan fingerprint density at radius 3 is 2.71 bits per heavy atom. The maximum absolute atomic E-state index is 13.1. The summed E-state index contributed by atoms with van der Waals surface area (Å²) in [6, 6.07) is 6.44. The number of rotatable bonds is 4. The van der Waals surface area contributed by atoms with Crippen molar-refractivity contribution in [3.8, 4) is 0 Å². The summed E-state index contributed by atoms with van der Waals surface area (Å²) < 4.78 is 13.1. The third-order valence-corrected chi connectivity index (χ3v) is 3.19. The van der Waals surface area contributed by atoms with Gasteiger partial charge in [-0.05, 0) is 54.6 Å². The van der Waals surface area contributed by atoms with Crippen LogP contribution in [0.2, 0.25) is 0 Å². The van der Waals surface area contributed by atoms with Gasteiger partial charge in [-0.25, -0.2) is 14.4 Å². The van der Waals surface area contributed by atoms with Crippen molar-refractivity contribution in [3.63, 3.8) is 0 Å². The Hall–Kier alpha value is -1.46. The van der Waals surface area contributed by atoms with E-state index in [-0.39, 0.29) is 5.82 Å². The van der Waals surface area contributed by atoms with Crippen LogP contribution in [-0.4, -0.2) is 16.5 Å². The lowest BCUT2D eigenvalue weighted by Gasteiger charge is -2.07. The SMILES string of the molecule is NCCc1cc(F)ccc1Sc1ncccn1. The molecular weight excluding hydrogens is 237 g/mol. The number of halogens is 1. The molecule has 1 heterocycles. The van der Waals surface area contributed by atoms with Crippen LogP contribution in [0.5, 0.6) is 0 Å². The molecule has 2 rings (SSSR count). The Morgan fingerprint density at radius 2 is 2.00 bits per heavy atom. The Bertz CT molecular complexity index is 490. The van der Waals surface area contributed by atoms with E-state index in [4.69, 9.17) is 5.73 Å². The molecule has 0 radical (unpaired) electrons. The molecule has 0 bridgehead atoms. The van der Waals surface area contributed by atoms with Crippen LogP contribution < -0.4 is 5.73 Å². The van der Waals surface area contributed by atoms with Crippen LogP contribution in [0.4, 0.5) is 4.39 Å². The largest absolute Gasteiger partial charge is 0.330 e. The molecule has 1 aromatic carbocycles. The van der Waals surface area contributed by atoms with Crippen molar-refractivity contribution >= 4 is 11.8 Å². The molecule has 0 saturated heterocycles. The topological polar surface area (TPSA) is 51.8 Å². The summed E-state index contributed by atoms with van der Waals surface area (Å²) in [5.74, 6) is -0.244. The van der Waals surface area contributed by atoms with Gasteiger partial charge in [0.15, 0.2) is 5.16 Å². The normalized spacial score (nSPS) is 10.5. The average molecular weight is 249 g/mol. The van der Waals surface area contributed by atoms with Crippen LogP contribution in [0, 0.1) is 5.82 Å². The standard InChI is InChI=1S/C12H12FN3S/c13-10-2-3-11(9(8-10)4-5-14)17-12-15-6-1-7-16-12/h1-3,6-8H,4-5,14H2. The number of benzene rings is 1. The molecule has 3 nitrogen and oxygen atoms in total. The van der Waals surface area contributed by atoms with Crippen molar-refractivity contribution < 1.29 is 4.39 Å². The van der Waals surface area contributed by atoms with E-state index < -0.39 is 0 Å². The molecule has 1 aromatic heterocycles. The summed E-state index contributed by atoms with van der Waals surface area (Å²) in [6.45, 7) is 0.493. The maximum atomic E-state index is 13.1. The van der Waals surface area contributed by atoms with Crippen molar-refractivity contribution in [2.24, 2.45) is 5.73 Å². The lowest BCUT2D eigenvalue weighted by molar-refractivity contribution is 0.623. The van der Waals surface area contributed by atoms with Crippen LogP contribution in [0.1, 0.15) is 5.56 Å². The van der Waals surface area contributed by atoms with Crippen LogP contribution in [0.3, 0.4) is 0 Å². The molecule has 0 atom stereocenters. The molecule has 17 heavy (non-hydrogen) atoms. The number of nitrogens with two attached hydrogens (primary N) is 1. The van der Waals surface area contributed by atoms with Gasteiger partial charge in [0.2, 0.25) is 0 Å². The fourth-order valence-corrected chi connectivity index (χ4v) is 2.29. The van der Waals surface area contributed by atoms with Gasteiger partial charge in [0.1, 0.15) is 5.82 Å². The second kappa shape index (κ2) is 5.75. The Balaban J connectivity index is 2.26. The molecular formula is C12H12FN3S. The lowest BCUT2D eigenvalue weighted by Crippen LogP contribution is -2.04. The van der Waals surface area contributed by atoms with E-state index >= 15 is 0 Å². The van der Waals surface area contributed by atoms with E-state index in [2.05, 4.69) is 9.97 Å². The van der Waals surface area contributed by atoms with Gasteiger partial charge in [-0.2, -0.15) is 0 Å². The highest BCUT2D eigenvalue weighted by atomic mass is 32.2. The van der Waals surface area contributed by atoms with Crippen molar-refractivity contribution in [1.29, 1.82) is 0 Å². The fraction of sp³-hybridized carbons (Fsp3) is 0.167. The molecule has 0 aliphatic rings. The molecule has 0 spiro atoms. The molecule has 0 unspecified atom stereocenters. The number of nitrogens with zero attached hydrogens (tertiary/aromatic N) is 2. The van der Waals surface area contributed by atoms with Crippen molar-refractivity contribution in [2.75, 3.05) is 6.54 Å². The smallest absolute Gasteiger partial charge is 0.192 e. The first-order valence-electron chi connectivity index (χ1n) is 5.23. The Labute approximate surface area is 103 Å². The minimum Gasteiger partial charge on any atom is -0.330 e.